The number of benzene rings is 1. The predicted octanol–water partition coefficient (Wildman–Crippen LogP) is 5.14. The molecule has 0 spiro atoms. The van der Waals surface area contributed by atoms with Crippen LogP contribution in [0.25, 0.3) is 16.9 Å². The summed E-state index contributed by atoms with van der Waals surface area (Å²) in [6.07, 6.45) is -1.67. The Labute approximate surface area is 126 Å². The number of hydrogen-bond acceptors (Lipinski definition) is 1. The Kier molecular flexibility index (Phi) is 3.43. The average molecular weight is 304 g/mol. The average Bonchev–Trinajstić information content (AvgIpc) is 2.89. The predicted molar refractivity (Wildman–Crippen MR) is 79.7 cm³/mol. The first kappa shape index (κ1) is 14.6. The fourth-order valence-electron chi connectivity index (χ4n) is 2.34. The molecule has 2 heterocycles. The van der Waals surface area contributed by atoms with E-state index >= 15 is 0 Å². The summed E-state index contributed by atoms with van der Waals surface area (Å²) in [6, 6.07) is 10.4. The molecule has 2 nitrogen and oxygen atoms in total. The van der Waals surface area contributed by atoms with Gasteiger partial charge in [-0.25, -0.2) is 4.98 Å². The topological polar surface area (TPSA) is 17.3 Å². The molecule has 0 unspecified atom stereocenters. The van der Waals surface area contributed by atoms with Crippen LogP contribution in [0.4, 0.5) is 13.2 Å². The lowest BCUT2D eigenvalue weighted by molar-refractivity contribution is -0.137. The Morgan fingerprint density at radius 2 is 1.64 bits per heavy atom. The molecule has 0 saturated heterocycles. The normalized spacial score (nSPS) is 12.3. The third-order valence-electron chi connectivity index (χ3n) is 3.65. The van der Waals surface area contributed by atoms with Gasteiger partial charge in [0.1, 0.15) is 5.65 Å². The molecule has 1 aromatic carbocycles. The Hall–Kier alpha value is -2.30. The van der Waals surface area contributed by atoms with E-state index in [0.717, 1.165) is 17.8 Å². The zero-order valence-electron chi connectivity index (χ0n) is 12.2. The lowest BCUT2D eigenvalue weighted by Gasteiger charge is -2.05. The number of rotatable bonds is 2. The van der Waals surface area contributed by atoms with Crippen LogP contribution in [0, 0.1) is 0 Å². The van der Waals surface area contributed by atoms with Gasteiger partial charge in [0.15, 0.2) is 0 Å². The van der Waals surface area contributed by atoms with E-state index in [1.54, 1.807) is 6.20 Å². The quantitative estimate of drug-likeness (QED) is 0.640. The van der Waals surface area contributed by atoms with Crippen LogP contribution in [-0.2, 0) is 6.18 Å². The molecular formula is C17H15F3N2. The first-order valence-corrected chi connectivity index (χ1v) is 7.01. The maximum Gasteiger partial charge on any atom is 0.417 e. The minimum absolute atomic E-state index is 0.435. The van der Waals surface area contributed by atoms with Gasteiger partial charge in [0, 0.05) is 18.0 Å². The molecule has 0 radical (unpaired) electrons. The van der Waals surface area contributed by atoms with Gasteiger partial charge >= 0.3 is 6.18 Å². The first-order valence-electron chi connectivity index (χ1n) is 7.01. The molecule has 22 heavy (non-hydrogen) atoms. The van der Waals surface area contributed by atoms with Crippen LogP contribution in [-0.4, -0.2) is 9.38 Å². The smallest absolute Gasteiger partial charge is 0.306 e. The third kappa shape index (κ3) is 2.71. The molecule has 2 aromatic heterocycles. The van der Waals surface area contributed by atoms with E-state index in [1.807, 2.05) is 24.3 Å². The van der Waals surface area contributed by atoms with Crippen molar-refractivity contribution in [3.05, 3.63) is 59.9 Å². The van der Waals surface area contributed by atoms with E-state index in [9.17, 15) is 13.2 Å². The summed E-state index contributed by atoms with van der Waals surface area (Å²) < 4.78 is 39.6. The van der Waals surface area contributed by atoms with Crippen molar-refractivity contribution in [1.29, 1.82) is 0 Å². The maximum absolute atomic E-state index is 12.7. The molecule has 3 rings (SSSR count). The minimum atomic E-state index is -4.35. The third-order valence-corrected chi connectivity index (χ3v) is 3.65. The highest BCUT2D eigenvalue weighted by molar-refractivity contribution is 5.63. The van der Waals surface area contributed by atoms with Crippen LogP contribution < -0.4 is 0 Å². The zero-order valence-corrected chi connectivity index (χ0v) is 12.2. The molecule has 114 valence electrons. The van der Waals surface area contributed by atoms with Crippen LogP contribution in [0.3, 0.4) is 0 Å². The molecule has 0 saturated carbocycles. The fourth-order valence-corrected chi connectivity index (χ4v) is 2.34. The van der Waals surface area contributed by atoms with Crippen molar-refractivity contribution < 1.29 is 13.2 Å². The maximum atomic E-state index is 12.7. The first-order chi connectivity index (χ1) is 10.3. The van der Waals surface area contributed by atoms with Crippen molar-refractivity contribution >= 4 is 5.65 Å². The summed E-state index contributed by atoms with van der Waals surface area (Å²) in [7, 11) is 0. The van der Waals surface area contributed by atoms with E-state index in [2.05, 4.69) is 18.8 Å². The molecule has 0 amide bonds. The molecular weight excluding hydrogens is 289 g/mol. The largest absolute Gasteiger partial charge is 0.417 e. The molecule has 0 aliphatic heterocycles. The molecule has 0 fully saturated rings. The lowest BCUT2D eigenvalue weighted by Crippen LogP contribution is -2.05. The van der Waals surface area contributed by atoms with Crippen molar-refractivity contribution in [3.63, 3.8) is 0 Å². The second-order valence-electron chi connectivity index (χ2n) is 5.58. The van der Waals surface area contributed by atoms with E-state index in [4.69, 9.17) is 0 Å². The second kappa shape index (κ2) is 5.16. The van der Waals surface area contributed by atoms with Gasteiger partial charge in [0.2, 0.25) is 0 Å². The standard InChI is InChI=1S/C17H15F3N2/c1-11(2)12-3-5-13(6-4-12)15-10-22-9-14(17(18,19)20)7-8-16(22)21-15/h3-11H,1-2H3. The lowest BCUT2D eigenvalue weighted by atomic mass is 10.0. The van der Waals surface area contributed by atoms with Gasteiger partial charge < -0.3 is 4.40 Å². The van der Waals surface area contributed by atoms with Crippen molar-refractivity contribution in [2.75, 3.05) is 0 Å². The summed E-state index contributed by atoms with van der Waals surface area (Å²) >= 11 is 0. The SMILES string of the molecule is CC(C)c1ccc(-c2cn3cc(C(F)(F)F)ccc3n2)cc1. The van der Waals surface area contributed by atoms with Crippen molar-refractivity contribution in [3.8, 4) is 11.3 Å². The summed E-state index contributed by atoms with van der Waals surface area (Å²) in [6.45, 7) is 4.22. The molecule has 0 aliphatic rings. The number of imidazole rings is 1. The molecule has 0 aliphatic carbocycles. The van der Waals surface area contributed by atoms with Gasteiger partial charge in [0.05, 0.1) is 11.3 Å². The Morgan fingerprint density at radius 1 is 0.955 bits per heavy atom. The van der Waals surface area contributed by atoms with Crippen LogP contribution >= 0.6 is 0 Å². The number of pyridine rings is 1. The van der Waals surface area contributed by atoms with Crippen LogP contribution in [0.2, 0.25) is 0 Å². The number of alkyl halides is 3. The van der Waals surface area contributed by atoms with Crippen LogP contribution in [0.5, 0.6) is 0 Å². The van der Waals surface area contributed by atoms with Crippen molar-refractivity contribution in [1.82, 2.24) is 9.38 Å². The van der Waals surface area contributed by atoms with E-state index < -0.39 is 11.7 Å². The summed E-state index contributed by atoms with van der Waals surface area (Å²) in [5, 5.41) is 0. The van der Waals surface area contributed by atoms with Crippen molar-refractivity contribution in [2.45, 2.75) is 25.9 Å². The Bertz CT molecular complexity index is 799. The van der Waals surface area contributed by atoms with Gasteiger partial charge in [-0.05, 0) is 23.6 Å². The summed E-state index contributed by atoms with van der Waals surface area (Å²) in [5.41, 5.74) is 2.58. The van der Waals surface area contributed by atoms with Gasteiger partial charge in [-0.15, -0.1) is 0 Å². The van der Waals surface area contributed by atoms with E-state index in [-0.39, 0.29) is 0 Å². The van der Waals surface area contributed by atoms with Gasteiger partial charge in [-0.3, -0.25) is 0 Å². The van der Waals surface area contributed by atoms with Crippen LogP contribution in [0.15, 0.2) is 48.8 Å². The highest BCUT2D eigenvalue weighted by atomic mass is 19.4. The second-order valence-corrected chi connectivity index (χ2v) is 5.58. The highest BCUT2D eigenvalue weighted by Crippen LogP contribution is 2.30. The molecule has 0 bridgehead atoms. The molecule has 5 heteroatoms. The van der Waals surface area contributed by atoms with Gasteiger partial charge in [-0.1, -0.05) is 38.1 Å². The van der Waals surface area contributed by atoms with Gasteiger partial charge in [0.25, 0.3) is 0 Å². The van der Waals surface area contributed by atoms with Gasteiger partial charge in [-0.2, -0.15) is 13.2 Å². The van der Waals surface area contributed by atoms with E-state index in [1.165, 1.54) is 16.0 Å². The zero-order chi connectivity index (χ0) is 15.9. The molecule has 3 aromatic rings. The number of hydrogen-bond donors (Lipinski definition) is 0. The number of fused-ring (bicyclic) bond motifs is 1. The number of nitrogens with zero attached hydrogens (tertiary/aromatic N) is 2. The number of halogens is 3. The minimum Gasteiger partial charge on any atom is -0.306 e. The number of aromatic nitrogens is 2. The highest BCUT2D eigenvalue weighted by Gasteiger charge is 2.30. The summed E-state index contributed by atoms with van der Waals surface area (Å²) in [4.78, 5) is 4.38. The fraction of sp³-hybridized carbons (Fsp3) is 0.235. The Balaban J connectivity index is 2.01. The summed E-state index contributed by atoms with van der Waals surface area (Å²) in [5.74, 6) is 0.435. The monoisotopic (exact) mass is 304 g/mol. The molecule has 0 atom stereocenters. The Morgan fingerprint density at radius 3 is 2.23 bits per heavy atom. The van der Waals surface area contributed by atoms with E-state index in [0.29, 0.717) is 17.3 Å². The molecule has 0 N–H and O–H groups in total. The van der Waals surface area contributed by atoms with Crippen molar-refractivity contribution in [2.24, 2.45) is 0 Å². The van der Waals surface area contributed by atoms with Crippen LogP contribution in [0.1, 0.15) is 30.9 Å².